The van der Waals surface area contributed by atoms with Crippen molar-refractivity contribution < 1.29 is 29.6 Å². The number of ether oxygens (including phenoxy) is 1. The number of hydrogen-bond donors (Lipinski definition) is 4. The predicted molar refractivity (Wildman–Crippen MR) is 70.4 cm³/mol. The van der Waals surface area contributed by atoms with Gasteiger partial charge in [0.25, 0.3) is 0 Å². The van der Waals surface area contributed by atoms with Crippen LogP contribution in [0.5, 0.6) is 0 Å². The lowest BCUT2D eigenvalue weighted by Gasteiger charge is -2.20. The van der Waals surface area contributed by atoms with Crippen LogP contribution in [0, 0.1) is 0 Å². The molecule has 0 bridgehead atoms. The molecule has 5 N–H and O–H groups in total. The summed E-state index contributed by atoms with van der Waals surface area (Å²) in [4.78, 5) is 22.0. The molecule has 0 aliphatic heterocycles. The molecule has 0 saturated heterocycles. The molecule has 0 heterocycles. The summed E-state index contributed by atoms with van der Waals surface area (Å²) in [6.45, 7) is 0. The Morgan fingerprint density at radius 1 is 1.40 bits per heavy atom. The monoisotopic (exact) mass is 303 g/mol. The molecular weight excluding hydrogens is 290 g/mol. The number of benzene rings is 1. The number of carboxylic acid groups (broad SMARTS) is 1. The minimum atomic E-state index is -1.56. The molecule has 0 saturated carbocycles. The zero-order valence-electron chi connectivity index (χ0n) is 10.5. The Kier molecular flexibility index (Phi) is 5.32. The second-order valence-electron chi connectivity index (χ2n) is 4.05. The van der Waals surface area contributed by atoms with E-state index in [1.54, 1.807) is 0 Å². The SMILES string of the molecule is COC(=O)CC(O)C(O)c1cc(Cl)cc(C(=O)O)c1N. The Balaban J connectivity index is 3.12. The van der Waals surface area contributed by atoms with E-state index < -0.39 is 30.6 Å². The molecule has 0 aliphatic rings. The minimum absolute atomic E-state index is 0.0379. The summed E-state index contributed by atoms with van der Waals surface area (Å²) < 4.78 is 4.36. The highest BCUT2D eigenvalue weighted by molar-refractivity contribution is 6.31. The first-order valence-electron chi connectivity index (χ1n) is 5.53. The van der Waals surface area contributed by atoms with E-state index in [-0.39, 0.29) is 21.8 Å². The maximum Gasteiger partial charge on any atom is 0.337 e. The summed E-state index contributed by atoms with van der Waals surface area (Å²) in [5, 5.41) is 28.7. The lowest BCUT2D eigenvalue weighted by molar-refractivity contribution is -0.144. The third-order valence-electron chi connectivity index (χ3n) is 2.69. The Labute approximate surface area is 119 Å². The molecule has 0 amide bonds. The quantitative estimate of drug-likeness (QED) is 0.462. The van der Waals surface area contributed by atoms with Crippen LogP contribution in [-0.2, 0) is 9.53 Å². The lowest BCUT2D eigenvalue weighted by Crippen LogP contribution is -2.24. The zero-order valence-corrected chi connectivity index (χ0v) is 11.3. The van der Waals surface area contributed by atoms with Crippen molar-refractivity contribution in [1.29, 1.82) is 0 Å². The zero-order chi connectivity index (χ0) is 15.4. The van der Waals surface area contributed by atoms with E-state index in [4.69, 9.17) is 22.4 Å². The van der Waals surface area contributed by atoms with Crippen molar-refractivity contribution in [3.05, 3.63) is 28.3 Å². The molecule has 1 aromatic rings. The molecule has 20 heavy (non-hydrogen) atoms. The maximum atomic E-state index is 11.0. The van der Waals surface area contributed by atoms with Gasteiger partial charge in [-0.15, -0.1) is 0 Å². The molecule has 2 unspecified atom stereocenters. The molecule has 2 atom stereocenters. The normalized spacial score (nSPS) is 13.6. The molecule has 0 spiro atoms. The first-order chi connectivity index (χ1) is 9.27. The van der Waals surface area contributed by atoms with Crippen LogP contribution in [0.4, 0.5) is 5.69 Å². The van der Waals surface area contributed by atoms with E-state index in [0.29, 0.717) is 0 Å². The van der Waals surface area contributed by atoms with Gasteiger partial charge in [0.15, 0.2) is 0 Å². The molecule has 0 aromatic heterocycles. The van der Waals surface area contributed by atoms with Crippen LogP contribution in [0.1, 0.15) is 28.4 Å². The van der Waals surface area contributed by atoms with Crippen LogP contribution in [0.15, 0.2) is 12.1 Å². The minimum Gasteiger partial charge on any atom is -0.478 e. The van der Waals surface area contributed by atoms with Crippen molar-refractivity contribution in [2.75, 3.05) is 12.8 Å². The molecule has 7 nitrogen and oxygen atoms in total. The summed E-state index contributed by atoms with van der Waals surface area (Å²) in [5.74, 6) is -2.04. The maximum absolute atomic E-state index is 11.0. The number of halogens is 1. The van der Waals surface area contributed by atoms with E-state index >= 15 is 0 Å². The van der Waals surface area contributed by atoms with Crippen LogP contribution in [0.2, 0.25) is 5.02 Å². The van der Waals surface area contributed by atoms with Gasteiger partial charge in [-0.05, 0) is 12.1 Å². The fourth-order valence-corrected chi connectivity index (χ4v) is 1.86. The summed E-state index contributed by atoms with van der Waals surface area (Å²) in [6.07, 6.45) is -3.53. The van der Waals surface area contributed by atoms with E-state index in [2.05, 4.69) is 4.74 Å². The Hall–Kier alpha value is -1.83. The predicted octanol–water partition coefficient (Wildman–Crippen LogP) is 0.578. The van der Waals surface area contributed by atoms with E-state index in [9.17, 15) is 19.8 Å². The van der Waals surface area contributed by atoms with Crippen molar-refractivity contribution in [3.8, 4) is 0 Å². The number of carbonyl (C=O) groups excluding carboxylic acids is 1. The van der Waals surface area contributed by atoms with Gasteiger partial charge in [0, 0.05) is 10.6 Å². The molecule has 0 fully saturated rings. The van der Waals surface area contributed by atoms with Crippen LogP contribution < -0.4 is 5.73 Å². The topological polar surface area (TPSA) is 130 Å². The molecule has 1 rings (SSSR count). The summed E-state index contributed by atoms with van der Waals surface area (Å²) >= 11 is 5.74. The van der Waals surface area contributed by atoms with Gasteiger partial charge in [-0.25, -0.2) is 4.79 Å². The van der Waals surface area contributed by atoms with Gasteiger partial charge >= 0.3 is 11.9 Å². The first kappa shape index (κ1) is 16.2. The van der Waals surface area contributed by atoms with Crippen molar-refractivity contribution in [2.45, 2.75) is 18.6 Å². The number of esters is 1. The summed E-state index contributed by atoms with van der Waals surface area (Å²) in [7, 11) is 1.14. The number of aliphatic hydroxyl groups excluding tert-OH is 2. The number of carbonyl (C=O) groups is 2. The fourth-order valence-electron chi connectivity index (χ4n) is 1.63. The highest BCUT2D eigenvalue weighted by atomic mass is 35.5. The molecule has 110 valence electrons. The number of anilines is 1. The van der Waals surface area contributed by atoms with E-state index in [1.165, 1.54) is 6.07 Å². The van der Waals surface area contributed by atoms with Gasteiger partial charge in [-0.1, -0.05) is 11.6 Å². The first-order valence-corrected chi connectivity index (χ1v) is 5.90. The highest BCUT2D eigenvalue weighted by Crippen LogP contribution is 2.31. The van der Waals surface area contributed by atoms with Gasteiger partial charge in [0.05, 0.1) is 30.9 Å². The van der Waals surface area contributed by atoms with Gasteiger partial charge in [-0.3, -0.25) is 4.79 Å². The standard InChI is InChI=1S/C12H14ClNO6/c1-20-9(16)4-8(15)11(17)6-2-5(13)3-7(10(6)14)12(18)19/h2-3,8,11,15,17H,4,14H2,1H3,(H,18,19). The Bertz CT molecular complexity index is 533. The molecule has 1 aromatic carbocycles. The summed E-state index contributed by atoms with van der Waals surface area (Å²) in [6, 6.07) is 2.36. The van der Waals surface area contributed by atoms with Crippen LogP contribution >= 0.6 is 11.6 Å². The van der Waals surface area contributed by atoms with Crippen molar-refractivity contribution in [1.82, 2.24) is 0 Å². The van der Waals surface area contributed by atoms with Gasteiger partial charge in [0.2, 0.25) is 0 Å². The van der Waals surface area contributed by atoms with E-state index in [0.717, 1.165) is 13.2 Å². The molecule has 8 heteroatoms. The fraction of sp³-hybridized carbons (Fsp3) is 0.333. The van der Waals surface area contributed by atoms with Crippen LogP contribution in [0.3, 0.4) is 0 Å². The number of hydrogen-bond acceptors (Lipinski definition) is 6. The Morgan fingerprint density at radius 2 is 2.00 bits per heavy atom. The number of nitrogens with two attached hydrogens (primary N) is 1. The largest absolute Gasteiger partial charge is 0.478 e. The smallest absolute Gasteiger partial charge is 0.337 e. The summed E-state index contributed by atoms with van der Waals surface area (Å²) in [5.41, 5.74) is 5.05. The number of methoxy groups -OCH3 is 1. The van der Waals surface area contributed by atoms with Crippen molar-refractivity contribution >= 4 is 29.2 Å². The number of nitrogen functional groups attached to an aromatic ring is 1. The third kappa shape index (κ3) is 3.60. The molecule has 0 radical (unpaired) electrons. The molecule has 0 aliphatic carbocycles. The average molecular weight is 304 g/mol. The number of aromatic carboxylic acids is 1. The molecular formula is C12H14ClNO6. The number of carboxylic acids is 1. The second kappa shape index (κ2) is 6.56. The van der Waals surface area contributed by atoms with Gasteiger partial charge < -0.3 is 25.8 Å². The van der Waals surface area contributed by atoms with Crippen molar-refractivity contribution in [3.63, 3.8) is 0 Å². The third-order valence-corrected chi connectivity index (χ3v) is 2.91. The van der Waals surface area contributed by atoms with Crippen LogP contribution in [-0.4, -0.2) is 40.5 Å². The second-order valence-corrected chi connectivity index (χ2v) is 4.49. The highest BCUT2D eigenvalue weighted by Gasteiger charge is 2.26. The lowest BCUT2D eigenvalue weighted by atomic mass is 9.97. The Morgan fingerprint density at radius 3 is 2.50 bits per heavy atom. The van der Waals surface area contributed by atoms with Gasteiger partial charge in [0.1, 0.15) is 6.10 Å². The number of rotatable bonds is 5. The van der Waals surface area contributed by atoms with Crippen molar-refractivity contribution in [2.24, 2.45) is 0 Å². The average Bonchev–Trinajstić information content (AvgIpc) is 2.39. The van der Waals surface area contributed by atoms with Gasteiger partial charge in [-0.2, -0.15) is 0 Å². The van der Waals surface area contributed by atoms with Crippen LogP contribution in [0.25, 0.3) is 0 Å². The van der Waals surface area contributed by atoms with E-state index in [1.807, 2.05) is 0 Å². The number of aliphatic hydroxyl groups is 2.